The van der Waals surface area contributed by atoms with Crippen LogP contribution in [-0.2, 0) is 4.79 Å². The van der Waals surface area contributed by atoms with Crippen LogP contribution in [0, 0.1) is 5.92 Å². The van der Waals surface area contributed by atoms with Crippen molar-refractivity contribution in [1.29, 1.82) is 0 Å². The van der Waals surface area contributed by atoms with Crippen LogP contribution in [0.5, 0.6) is 5.75 Å². The number of carbonyl (C=O) groups excluding carboxylic acids is 1. The molecule has 22 heavy (non-hydrogen) atoms. The van der Waals surface area contributed by atoms with Crippen LogP contribution in [0.1, 0.15) is 45.2 Å². The van der Waals surface area contributed by atoms with E-state index in [0.29, 0.717) is 18.5 Å². The molecule has 1 N–H and O–H groups in total. The summed E-state index contributed by atoms with van der Waals surface area (Å²) in [6, 6.07) is 8.76. The third-order valence-electron chi connectivity index (χ3n) is 4.60. The predicted octanol–water partition coefficient (Wildman–Crippen LogP) is 2.99. The summed E-state index contributed by atoms with van der Waals surface area (Å²) in [7, 11) is 1.68. The zero-order valence-electron chi connectivity index (χ0n) is 14.1. The molecular formula is C18H28N2O2. The first-order chi connectivity index (χ1) is 10.5. The molecule has 0 spiro atoms. The summed E-state index contributed by atoms with van der Waals surface area (Å²) in [6.45, 7) is 7.78. The van der Waals surface area contributed by atoms with Gasteiger partial charge in [0.1, 0.15) is 5.75 Å². The number of benzene rings is 1. The van der Waals surface area contributed by atoms with E-state index in [4.69, 9.17) is 4.74 Å². The van der Waals surface area contributed by atoms with E-state index in [0.717, 1.165) is 25.1 Å². The molecule has 2 unspecified atom stereocenters. The molecule has 0 aromatic heterocycles. The topological polar surface area (TPSA) is 41.6 Å². The number of hydrogen-bond acceptors (Lipinski definition) is 3. The number of nitrogens with zero attached hydrogens (tertiary/aromatic N) is 1. The van der Waals surface area contributed by atoms with Gasteiger partial charge >= 0.3 is 0 Å². The molecule has 122 valence electrons. The van der Waals surface area contributed by atoms with Crippen LogP contribution in [-0.4, -0.2) is 37.0 Å². The number of amides is 1. The molecule has 1 aromatic rings. The molecule has 4 nitrogen and oxygen atoms in total. The lowest BCUT2D eigenvalue weighted by molar-refractivity contribution is -0.123. The average Bonchev–Trinajstić information content (AvgIpc) is 2.95. The Morgan fingerprint density at radius 3 is 2.59 bits per heavy atom. The quantitative estimate of drug-likeness (QED) is 0.878. The van der Waals surface area contributed by atoms with E-state index in [9.17, 15) is 4.79 Å². The normalized spacial score (nSPS) is 20.1. The number of likely N-dealkylation sites (tertiary alicyclic amines) is 1. The Morgan fingerprint density at radius 2 is 2.00 bits per heavy atom. The number of methoxy groups -OCH3 is 1. The molecule has 1 saturated heterocycles. The van der Waals surface area contributed by atoms with E-state index >= 15 is 0 Å². The second-order valence-corrected chi connectivity index (χ2v) is 6.50. The Bertz CT molecular complexity index is 484. The molecule has 1 amide bonds. The molecule has 1 fully saturated rings. The van der Waals surface area contributed by atoms with Crippen molar-refractivity contribution in [1.82, 2.24) is 10.2 Å². The highest BCUT2D eigenvalue weighted by Gasteiger charge is 2.27. The molecule has 2 rings (SSSR count). The number of nitrogens with one attached hydrogen (secondary N) is 1. The Morgan fingerprint density at radius 1 is 1.32 bits per heavy atom. The monoisotopic (exact) mass is 304 g/mol. The largest absolute Gasteiger partial charge is 0.497 e. The Balaban J connectivity index is 1.96. The molecule has 0 aliphatic carbocycles. The zero-order valence-corrected chi connectivity index (χ0v) is 14.1. The van der Waals surface area contributed by atoms with Crippen LogP contribution in [0.2, 0.25) is 0 Å². The van der Waals surface area contributed by atoms with Crippen LogP contribution < -0.4 is 10.1 Å². The van der Waals surface area contributed by atoms with E-state index in [1.165, 1.54) is 5.56 Å². The SMILES string of the molecule is COc1ccc(C2CCCN2CC(=O)NC(C)C(C)C)cc1. The van der Waals surface area contributed by atoms with E-state index in [1.807, 2.05) is 12.1 Å². The third kappa shape index (κ3) is 4.23. The molecule has 1 aliphatic rings. The summed E-state index contributed by atoms with van der Waals surface area (Å²) in [6.07, 6.45) is 2.25. The van der Waals surface area contributed by atoms with Crippen molar-refractivity contribution in [3.8, 4) is 5.75 Å². The maximum atomic E-state index is 12.2. The van der Waals surface area contributed by atoms with Crippen molar-refractivity contribution in [2.45, 2.75) is 45.7 Å². The maximum Gasteiger partial charge on any atom is 0.234 e. The smallest absolute Gasteiger partial charge is 0.234 e. The molecule has 0 bridgehead atoms. The second kappa shape index (κ2) is 7.63. The molecular weight excluding hydrogens is 276 g/mol. The van der Waals surface area contributed by atoms with Crippen molar-refractivity contribution in [2.75, 3.05) is 20.2 Å². The van der Waals surface area contributed by atoms with E-state index in [1.54, 1.807) is 7.11 Å². The fourth-order valence-electron chi connectivity index (χ4n) is 2.87. The summed E-state index contributed by atoms with van der Waals surface area (Å²) in [5.41, 5.74) is 1.27. The first-order valence-electron chi connectivity index (χ1n) is 8.18. The van der Waals surface area contributed by atoms with Gasteiger partial charge in [0, 0.05) is 12.1 Å². The van der Waals surface area contributed by atoms with E-state index in [2.05, 4.69) is 43.1 Å². The van der Waals surface area contributed by atoms with Gasteiger partial charge in [0.15, 0.2) is 0 Å². The third-order valence-corrected chi connectivity index (χ3v) is 4.60. The van der Waals surface area contributed by atoms with Gasteiger partial charge in [0.2, 0.25) is 5.91 Å². The van der Waals surface area contributed by atoms with E-state index < -0.39 is 0 Å². The lowest BCUT2D eigenvalue weighted by atomic mass is 10.0. The summed E-state index contributed by atoms with van der Waals surface area (Å²) >= 11 is 0. The highest BCUT2D eigenvalue weighted by Crippen LogP contribution is 2.32. The summed E-state index contributed by atoms with van der Waals surface area (Å²) in [4.78, 5) is 14.5. The first-order valence-corrected chi connectivity index (χ1v) is 8.18. The minimum atomic E-state index is 0.126. The van der Waals surface area contributed by atoms with Gasteiger partial charge in [-0.3, -0.25) is 9.69 Å². The minimum absolute atomic E-state index is 0.126. The van der Waals surface area contributed by atoms with Crippen LogP contribution in [0.25, 0.3) is 0 Å². The second-order valence-electron chi connectivity index (χ2n) is 6.50. The molecule has 0 radical (unpaired) electrons. The van der Waals surface area contributed by atoms with Gasteiger partial charge in [-0.05, 0) is 49.9 Å². The molecule has 1 heterocycles. The standard InChI is InChI=1S/C18H28N2O2/c1-13(2)14(3)19-18(21)12-20-11-5-6-17(20)15-7-9-16(22-4)10-8-15/h7-10,13-14,17H,5-6,11-12H2,1-4H3,(H,19,21). The van der Waals surface area contributed by atoms with Crippen molar-refractivity contribution >= 4 is 5.91 Å². The lowest BCUT2D eigenvalue weighted by Gasteiger charge is -2.26. The van der Waals surface area contributed by atoms with Crippen LogP contribution >= 0.6 is 0 Å². The minimum Gasteiger partial charge on any atom is -0.497 e. The maximum absolute atomic E-state index is 12.2. The molecule has 0 saturated carbocycles. The molecule has 1 aliphatic heterocycles. The average molecular weight is 304 g/mol. The highest BCUT2D eigenvalue weighted by molar-refractivity contribution is 5.78. The van der Waals surface area contributed by atoms with Crippen molar-refractivity contribution in [3.05, 3.63) is 29.8 Å². The van der Waals surface area contributed by atoms with Gasteiger partial charge in [-0.25, -0.2) is 0 Å². The zero-order chi connectivity index (χ0) is 16.1. The first kappa shape index (κ1) is 16.8. The van der Waals surface area contributed by atoms with Gasteiger partial charge in [-0.2, -0.15) is 0 Å². The molecule has 1 aromatic carbocycles. The predicted molar refractivity (Wildman–Crippen MR) is 89.0 cm³/mol. The Kier molecular flexibility index (Phi) is 5.83. The Labute approximate surface area is 133 Å². The van der Waals surface area contributed by atoms with Gasteiger partial charge in [-0.15, -0.1) is 0 Å². The van der Waals surface area contributed by atoms with Crippen LogP contribution in [0.3, 0.4) is 0 Å². The number of hydrogen-bond donors (Lipinski definition) is 1. The number of ether oxygens (including phenoxy) is 1. The Hall–Kier alpha value is -1.55. The summed E-state index contributed by atoms with van der Waals surface area (Å²) in [5, 5.41) is 3.10. The van der Waals surface area contributed by atoms with Crippen molar-refractivity contribution < 1.29 is 9.53 Å². The van der Waals surface area contributed by atoms with Crippen molar-refractivity contribution in [2.24, 2.45) is 5.92 Å². The number of rotatable bonds is 6. The molecule has 4 heteroatoms. The van der Waals surface area contributed by atoms with Crippen LogP contribution in [0.15, 0.2) is 24.3 Å². The number of carbonyl (C=O) groups is 1. The highest BCUT2D eigenvalue weighted by atomic mass is 16.5. The van der Waals surface area contributed by atoms with E-state index in [-0.39, 0.29) is 11.9 Å². The summed E-state index contributed by atoms with van der Waals surface area (Å²) < 4.78 is 5.21. The fraction of sp³-hybridized carbons (Fsp3) is 0.611. The lowest BCUT2D eigenvalue weighted by Crippen LogP contribution is -2.42. The molecule has 2 atom stereocenters. The van der Waals surface area contributed by atoms with Gasteiger partial charge in [0.05, 0.1) is 13.7 Å². The van der Waals surface area contributed by atoms with Gasteiger partial charge in [0.25, 0.3) is 0 Å². The fourth-order valence-corrected chi connectivity index (χ4v) is 2.87. The summed E-state index contributed by atoms with van der Waals surface area (Å²) in [5.74, 6) is 1.46. The van der Waals surface area contributed by atoms with Gasteiger partial charge in [-0.1, -0.05) is 26.0 Å². The van der Waals surface area contributed by atoms with Gasteiger partial charge < -0.3 is 10.1 Å². The van der Waals surface area contributed by atoms with Crippen LogP contribution in [0.4, 0.5) is 0 Å². The van der Waals surface area contributed by atoms with Crippen molar-refractivity contribution in [3.63, 3.8) is 0 Å².